The molecule has 1 aromatic carbocycles. The summed E-state index contributed by atoms with van der Waals surface area (Å²) in [6, 6.07) is 9.86. The lowest BCUT2D eigenvalue weighted by atomic mass is 9.99. The number of aromatic nitrogens is 2. The molecule has 2 N–H and O–H groups in total. The van der Waals surface area contributed by atoms with Crippen molar-refractivity contribution in [3.05, 3.63) is 74.6 Å². The Bertz CT molecular complexity index is 838. The van der Waals surface area contributed by atoms with Gasteiger partial charge in [0.15, 0.2) is 0 Å². The Morgan fingerprint density at radius 2 is 2.08 bits per heavy atom. The maximum Gasteiger partial charge on any atom is 0.330 e. The molecule has 6 nitrogen and oxygen atoms in total. The molecular weight excluding hydrogens is 308 g/mol. The lowest BCUT2D eigenvalue weighted by molar-refractivity contribution is -0.0295. The van der Waals surface area contributed by atoms with Crippen LogP contribution in [0.1, 0.15) is 23.8 Å². The van der Waals surface area contributed by atoms with E-state index in [0.717, 1.165) is 5.56 Å². The van der Waals surface area contributed by atoms with Crippen LogP contribution in [-0.2, 0) is 4.74 Å². The van der Waals surface area contributed by atoms with Crippen molar-refractivity contribution in [3.8, 4) is 0 Å². The van der Waals surface area contributed by atoms with Gasteiger partial charge in [-0.05, 0) is 12.5 Å². The van der Waals surface area contributed by atoms with Crippen LogP contribution in [0.25, 0.3) is 6.08 Å². The number of aliphatic hydroxyl groups excluding tert-OH is 1. The summed E-state index contributed by atoms with van der Waals surface area (Å²) < 4.78 is 7.20. The highest BCUT2D eigenvalue weighted by Gasteiger charge is 2.34. The average molecular weight is 328 g/mol. The predicted octanol–water partition coefficient (Wildman–Crippen LogP) is 1.45. The average Bonchev–Trinajstić information content (AvgIpc) is 3.00. The van der Waals surface area contributed by atoms with Gasteiger partial charge in [-0.15, -0.1) is 0 Å². The number of hydrogen-bond donors (Lipinski definition) is 2. The van der Waals surface area contributed by atoms with E-state index in [0.29, 0.717) is 12.0 Å². The summed E-state index contributed by atoms with van der Waals surface area (Å²) >= 11 is 0. The molecule has 0 bridgehead atoms. The summed E-state index contributed by atoms with van der Waals surface area (Å²) in [5, 5.41) is 9.56. The third-order valence-electron chi connectivity index (χ3n) is 4.25. The predicted molar refractivity (Wildman–Crippen MR) is 90.6 cm³/mol. The van der Waals surface area contributed by atoms with Crippen molar-refractivity contribution >= 4 is 6.08 Å². The summed E-state index contributed by atoms with van der Waals surface area (Å²) in [5.74, 6) is -0.0145. The zero-order valence-electron chi connectivity index (χ0n) is 13.4. The Morgan fingerprint density at radius 1 is 1.33 bits per heavy atom. The van der Waals surface area contributed by atoms with E-state index in [4.69, 9.17) is 4.74 Å². The van der Waals surface area contributed by atoms with Gasteiger partial charge in [-0.25, -0.2) is 4.79 Å². The molecule has 126 valence electrons. The van der Waals surface area contributed by atoms with Crippen molar-refractivity contribution in [2.24, 2.45) is 5.92 Å². The summed E-state index contributed by atoms with van der Waals surface area (Å²) in [5.41, 5.74) is 0.616. The minimum Gasteiger partial charge on any atom is -0.394 e. The van der Waals surface area contributed by atoms with Crippen molar-refractivity contribution in [2.45, 2.75) is 25.7 Å². The Morgan fingerprint density at radius 3 is 2.79 bits per heavy atom. The third kappa shape index (κ3) is 3.39. The van der Waals surface area contributed by atoms with Gasteiger partial charge < -0.3 is 9.84 Å². The lowest BCUT2D eigenvalue weighted by Gasteiger charge is -2.15. The second kappa shape index (κ2) is 6.98. The van der Waals surface area contributed by atoms with E-state index in [2.05, 4.69) is 4.98 Å². The molecule has 0 saturated carbocycles. The second-order valence-corrected chi connectivity index (χ2v) is 5.96. The molecule has 1 aliphatic rings. The number of hydrogen-bond acceptors (Lipinski definition) is 4. The van der Waals surface area contributed by atoms with Gasteiger partial charge in [0.1, 0.15) is 6.23 Å². The van der Waals surface area contributed by atoms with Gasteiger partial charge in [0, 0.05) is 24.1 Å². The molecule has 2 heterocycles. The van der Waals surface area contributed by atoms with E-state index in [-0.39, 0.29) is 18.6 Å². The van der Waals surface area contributed by atoms with Gasteiger partial charge >= 0.3 is 5.69 Å². The van der Waals surface area contributed by atoms with E-state index in [1.807, 2.05) is 42.5 Å². The van der Waals surface area contributed by atoms with Crippen LogP contribution in [0.15, 0.2) is 52.2 Å². The second-order valence-electron chi connectivity index (χ2n) is 5.96. The molecule has 3 rings (SSSR count). The molecule has 1 aromatic heterocycles. The molecule has 1 aliphatic heterocycles. The van der Waals surface area contributed by atoms with Crippen LogP contribution in [0.3, 0.4) is 0 Å². The SMILES string of the molecule is Cc1cn([C@H]2C[C@H](C=Cc3ccccc3)[C@@H](CO)O2)c(=O)[nH]c1=O. The highest BCUT2D eigenvalue weighted by Crippen LogP contribution is 2.33. The summed E-state index contributed by atoms with van der Waals surface area (Å²) in [7, 11) is 0. The fourth-order valence-corrected chi connectivity index (χ4v) is 2.90. The first-order valence-electron chi connectivity index (χ1n) is 7.90. The van der Waals surface area contributed by atoms with Crippen LogP contribution in [0, 0.1) is 12.8 Å². The number of aliphatic hydroxyl groups is 1. The first-order valence-corrected chi connectivity index (χ1v) is 7.90. The molecule has 24 heavy (non-hydrogen) atoms. The van der Waals surface area contributed by atoms with E-state index in [1.165, 1.54) is 10.8 Å². The van der Waals surface area contributed by atoms with Crippen LogP contribution >= 0.6 is 0 Å². The molecule has 0 radical (unpaired) electrons. The number of nitrogens with one attached hydrogen (secondary N) is 1. The van der Waals surface area contributed by atoms with Crippen LogP contribution in [-0.4, -0.2) is 27.4 Å². The Kier molecular flexibility index (Phi) is 4.78. The van der Waals surface area contributed by atoms with Gasteiger partial charge in [-0.1, -0.05) is 42.5 Å². The Hall–Kier alpha value is -2.44. The number of rotatable bonds is 4. The molecule has 2 aromatic rings. The zero-order valence-corrected chi connectivity index (χ0v) is 13.4. The molecule has 1 fully saturated rings. The van der Waals surface area contributed by atoms with Gasteiger partial charge in [0.25, 0.3) is 5.56 Å². The highest BCUT2D eigenvalue weighted by molar-refractivity contribution is 5.49. The Balaban J connectivity index is 1.82. The highest BCUT2D eigenvalue weighted by atomic mass is 16.5. The summed E-state index contributed by atoms with van der Waals surface area (Å²) in [6.07, 6.45) is 5.16. The monoisotopic (exact) mass is 328 g/mol. The normalized spacial score (nSPS) is 23.8. The minimum absolute atomic E-state index is 0.0145. The fourth-order valence-electron chi connectivity index (χ4n) is 2.90. The number of benzene rings is 1. The molecule has 0 unspecified atom stereocenters. The zero-order chi connectivity index (χ0) is 17.1. The molecular formula is C18H20N2O4. The molecule has 6 heteroatoms. The first kappa shape index (κ1) is 16.4. The van der Waals surface area contributed by atoms with E-state index < -0.39 is 17.5 Å². The van der Waals surface area contributed by atoms with Crippen LogP contribution in [0.5, 0.6) is 0 Å². The molecule has 0 amide bonds. The van der Waals surface area contributed by atoms with Crippen molar-refractivity contribution in [3.63, 3.8) is 0 Å². The molecule has 3 atom stereocenters. The smallest absolute Gasteiger partial charge is 0.330 e. The number of aryl methyl sites for hydroxylation is 1. The van der Waals surface area contributed by atoms with Gasteiger partial charge in [-0.3, -0.25) is 14.3 Å². The van der Waals surface area contributed by atoms with Gasteiger partial charge in [-0.2, -0.15) is 0 Å². The maximum atomic E-state index is 12.0. The maximum absolute atomic E-state index is 12.0. The quantitative estimate of drug-likeness (QED) is 0.890. The lowest BCUT2D eigenvalue weighted by Crippen LogP contribution is -2.33. The number of aromatic amines is 1. The first-order chi connectivity index (χ1) is 11.6. The largest absolute Gasteiger partial charge is 0.394 e. The van der Waals surface area contributed by atoms with Gasteiger partial charge in [0.2, 0.25) is 0 Å². The number of nitrogens with zero attached hydrogens (tertiary/aromatic N) is 1. The van der Waals surface area contributed by atoms with Gasteiger partial charge in [0.05, 0.1) is 12.7 Å². The third-order valence-corrected chi connectivity index (χ3v) is 4.25. The standard InChI is InChI=1S/C18H20N2O4/c1-12-10-20(18(23)19-17(12)22)16-9-14(15(11-21)24-16)8-7-13-5-3-2-4-6-13/h2-8,10,14-16,21H,9,11H2,1H3,(H,19,22,23)/t14-,15+,16+/m0/s1. The van der Waals surface area contributed by atoms with Crippen molar-refractivity contribution in [1.82, 2.24) is 9.55 Å². The van der Waals surface area contributed by atoms with E-state index in [1.54, 1.807) is 6.92 Å². The molecule has 1 saturated heterocycles. The summed E-state index contributed by atoms with van der Waals surface area (Å²) in [6.45, 7) is 1.51. The van der Waals surface area contributed by atoms with E-state index in [9.17, 15) is 14.7 Å². The minimum atomic E-state index is -0.504. The number of H-pyrrole nitrogens is 1. The van der Waals surface area contributed by atoms with Crippen molar-refractivity contribution < 1.29 is 9.84 Å². The molecule has 0 spiro atoms. The van der Waals surface area contributed by atoms with Crippen molar-refractivity contribution in [1.29, 1.82) is 0 Å². The van der Waals surface area contributed by atoms with Crippen LogP contribution < -0.4 is 11.2 Å². The van der Waals surface area contributed by atoms with Crippen LogP contribution in [0.2, 0.25) is 0 Å². The Labute approximate surface area is 139 Å². The van der Waals surface area contributed by atoms with E-state index >= 15 is 0 Å². The fraction of sp³-hybridized carbons (Fsp3) is 0.333. The topological polar surface area (TPSA) is 84.3 Å². The number of ether oxygens (including phenoxy) is 1. The van der Waals surface area contributed by atoms with Crippen LogP contribution in [0.4, 0.5) is 0 Å². The summed E-state index contributed by atoms with van der Waals surface area (Å²) in [4.78, 5) is 25.8. The van der Waals surface area contributed by atoms with Crippen molar-refractivity contribution in [2.75, 3.05) is 6.61 Å². The molecule has 0 aliphatic carbocycles.